The lowest BCUT2D eigenvalue weighted by Crippen LogP contribution is -2.04. The lowest BCUT2D eigenvalue weighted by molar-refractivity contribution is 0.795. The highest BCUT2D eigenvalue weighted by molar-refractivity contribution is 4.94. The molecule has 3 heteroatoms. The first kappa shape index (κ1) is 10.2. The van der Waals surface area contributed by atoms with E-state index in [1.54, 1.807) is 6.33 Å². The van der Waals surface area contributed by atoms with Crippen LogP contribution in [0.3, 0.4) is 0 Å². The van der Waals surface area contributed by atoms with E-state index in [0.29, 0.717) is 0 Å². The van der Waals surface area contributed by atoms with E-state index in [9.17, 15) is 0 Å². The molecule has 0 aromatic carbocycles. The minimum atomic E-state index is 0.848. The Morgan fingerprint density at radius 3 is 2.55 bits per heavy atom. The fourth-order valence-electron chi connectivity index (χ4n) is 0.739. The molecule has 1 N–H and O–H groups in total. The van der Waals surface area contributed by atoms with Crippen molar-refractivity contribution in [2.75, 3.05) is 7.05 Å². The number of aromatic nitrogens is 2. The van der Waals surface area contributed by atoms with Crippen LogP contribution in [0.5, 0.6) is 0 Å². The number of aryl methyl sites for hydroxylation is 1. The summed E-state index contributed by atoms with van der Waals surface area (Å²) in [6.07, 6.45) is 3.79. The first-order valence-corrected chi connectivity index (χ1v) is 3.94. The van der Waals surface area contributed by atoms with Gasteiger partial charge in [0, 0.05) is 19.8 Å². The van der Waals surface area contributed by atoms with E-state index < -0.39 is 0 Å². The van der Waals surface area contributed by atoms with Crippen LogP contribution in [0.15, 0.2) is 12.5 Å². The average Bonchev–Trinajstić information content (AvgIpc) is 2.41. The number of imidazole rings is 1. The van der Waals surface area contributed by atoms with E-state index in [-0.39, 0.29) is 0 Å². The Kier molecular flexibility index (Phi) is 5.47. The van der Waals surface area contributed by atoms with E-state index in [1.807, 2.05) is 38.7 Å². The van der Waals surface area contributed by atoms with E-state index in [2.05, 4.69) is 10.3 Å². The number of hydrogen-bond acceptors (Lipinski definition) is 2. The number of nitrogens with one attached hydrogen (secondary N) is 1. The molecule has 0 atom stereocenters. The topological polar surface area (TPSA) is 29.9 Å². The summed E-state index contributed by atoms with van der Waals surface area (Å²) in [6, 6.07) is 0. The molecule has 3 nitrogen and oxygen atoms in total. The van der Waals surface area contributed by atoms with Crippen LogP contribution in [-0.2, 0) is 13.6 Å². The zero-order valence-electron chi connectivity index (χ0n) is 7.76. The van der Waals surface area contributed by atoms with Gasteiger partial charge in [-0.3, -0.25) is 0 Å². The minimum Gasteiger partial charge on any atom is -0.340 e. The van der Waals surface area contributed by atoms with Crippen molar-refractivity contribution in [2.24, 2.45) is 7.05 Å². The van der Waals surface area contributed by atoms with Gasteiger partial charge in [0.15, 0.2) is 0 Å². The second-order valence-corrected chi connectivity index (χ2v) is 2.06. The summed E-state index contributed by atoms with van der Waals surface area (Å²) < 4.78 is 1.94. The van der Waals surface area contributed by atoms with Gasteiger partial charge in [0.25, 0.3) is 0 Å². The van der Waals surface area contributed by atoms with Crippen molar-refractivity contribution in [3.8, 4) is 0 Å². The largest absolute Gasteiger partial charge is 0.340 e. The van der Waals surface area contributed by atoms with Gasteiger partial charge in [-0.25, -0.2) is 4.98 Å². The van der Waals surface area contributed by atoms with E-state index in [1.165, 1.54) is 0 Å². The summed E-state index contributed by atoms with van der Waals surface area (Å²) in [4.78, 5) is 4.11. The molecule has 0 fully saturated rings. The molecule has 1 aromatic heterocycles. The zero-order chi connectivity index (χ0) is 8.69. The second kappa shape index (κ2) is 5.92. The molecule has 1 rings (SSSR count). The Hall–Kier alpha value is -0.830. The highest BCUT2D eigenvalue weighted by Crippen LogP contribution is 1.90. The van der Waals surface area contributed by atoms with Gasteiger partial charge in [0.05, 0.1) is 12.0 Å². The summed E-state index contributed by atoms with van der Waals surface area (Å²) in [5, 5.41) is 3.02. The first-order valence-electron chi connectivity index (χ1n) is 3.94. The summed E-state index contributed by atoms with van der Waals surface area (Å²) in [7, 11) is 3.88. The van der Waals surface area contributed by atoms with Gasteiger partial charge in [-0.15, -0.1) is 0 Å². The van der Waals surface area contributed by atoms with Gasteiger partial charge < -0.3 is 9.88 Å². The monoisotopic (exact) mass is 155 g/mol. The molecule has 0 spiro atoms. The molecule has 0 unspecified atom stereocenters. The van der Waals surface area contributed by atoms with E-state index >= 15 is 0 Å². The summed E-state index contributed by atoms with van der Waals surface area (Å²) in [6.45, 7) is 4.85. The predicted molar refractivity (Wildman–Crippen MR) is 47.3 cm³/mol. The van der Waals surface area contributed by atoms with Crippen LogP contribution in [0.4, 0.5) is 0 Å². The maximum Gasteiger partial charge on any atom is 0.0947 e. The zero-order valence-corrected chi connectivity index (χ0v) is 7.76. The molecule has 11 heavy (non-hydrogen) atoms. The standard InChI is InChI=1S/C6H11N3.C2H6/c1-7-3-6-4-9(2)5-8-6;1-2/h4-5,7H,3H2,1-2H3;1-2H3. The van der Waals surface area contributed by atoms with Crippen LogP contribution < -0.4 is 5.32 Å². The first-order chi connectivity index (χ1) is 5.33. The molecule has 0 bridgehead atoms. The molecule has 0 aliphatic rings. The van der Waals surface area contributed by atoms with Gasteiger partial charge in [-0.2, -0.15) is 0 Å². The lowest BCUT2D eigenvalue weighted by Gasteiger charge is -1.89. The molecule has 0 radical (unpaired) electrons. The second-order valence-electron chi connectivity index (χ2n) is 2.06. The number of rotatable bonds is 2. The van der Waals surface area contributed by atoms with Crippen molar-refractivity contribution in [3.05, 3.63) is 18.2 Å². The quantitative estimate of drug-likeness (QED) is 0.694. The van der Waals surface area contributed by atoms with Crippen LogP contribution in [0.25, 0.3) is 0 Å². The van der Waals surface area contributed by atoms with E-state index in [4.69, 9.17) is 0 Å². The molecule has 0 saturated heterocycles. The molecular weight excluding hydrogens is 138 g/mol. The molecule has 0 aliphatic carbocycles. The van der Waals surface area contributed by atoms with Gasteiger partial charge in [-0.1, -0.05) is 13.8 Å². The highest BCUT2D eigenvalue weighted by atomic mass is 15.0. The van der Waals surface area contributed by atoms with Crippen molar-refractivity contribution in [2.45, 2.75) is 20.4 Å². The smallest absolute Gasteiger partial charge is 0.0947 e. The Balaban J connectivity index is 0.000000461. The average molecular weight is 155 g/mol. The molecular formula is C8H17N3. The molecule has 0 aliphatic heterocycles. The van der Waals surface area contributed by atoms with Gasteiger partial charge in [-0.05, 0) is 7.05 Å². The summed E-state index contributed by atoms with van der Waals surface area (Å²) in [5.41, 5.74) is 1.08. The van der Waals surface area contributed by atoms with Crippen LogP contribution in [0.2, 0.25) is 0 Å². The van der Waals surface area contributed by atoms with Crippen LogP contribution >= 0.6 is 0 Å². The van der Waals surface area contributed by atoms with Crippen molar-refractivity contribution in [3.63, 3.8) is 0 Å². The van der Waals surface area contributed by atoms with Crippen LogP contribution in [0.1, 0.15) is 19.5 Å². The predicted octanol–water partition coefficient (Wildman–Crippen LogP) is 1.17. The van der Waals surface area contributed by atoms with Crippen molar-refractivity contribution in [1.82, 2.24) is 14.9 Å². The third-order valence-electron chi connectivity index (χ3n) is 1.12. The van der Waals surface area contributed by atoms with Crippen molar-refractivity contribution < 1.29 is 0 Å². The third-order valence-corrected chi connectivity index (χ3v) is 1.12. The number of nitrogens with zero attached hydrogens (tertiary/aromatic N) is 2. The molecule has 1 heterocycles. The minimum absolute atomic E-state index is 0.848. The van der Waals surface area contributed by atoms with Gasteiger partial charge in [0.1, 0.15) is 0 Å². The van der Waals surface area contributed by atoms with E-state index in [0.717, 1.165) is 12.2 Å². The SMILES string of the molecule is CC.CNCc1cn(C)cn1. The normalized spacial score (nSPS) is 8.73. The number of hydrogen-bond donors (Lipinski definition) is 1. The van der Waals surface area contributed by atoms with Crippen molar-refractivity contribution in [1.29, 1.82) is 0 Å². The third kappa shape index (κ3) is 3.78. The fourth-order valence-corrected chi connectivity index (χ4v) is 0.739. The summed E-state index contributed by atoms with van der Waals surface area (Å²) in [5.74, 6) is 0. The molecule has 64 valence electrons. The Morgan fingerprint density at radius 2 is 2.18 bits per heavy atom. The van der Waals surface area contributed by atoms with Crippen LogP contribution in [-0.4, -0.2) is 16.6 Å². The molecule has 0 saturated carbocycles. The van der Waals surface area contributed by atoms with Gasteiger partial charge >= 0.3 is 0 Å². The fraction of sp³-hybridized carbons (Fsp3) is 0.625. The maximum atomic E-state index is 4.11. The van der Waals surface area contributed by atoms with Crippen LogP contribution in [0, 0.1) is 0 Å². The lowest BCUT2D eigenvalue weighted by atomic mass is 10.5. The van der Waals surface area contributed by atoms with Crippen molar-refractivity contribution >= 4 is 0 Å². The Bertz CT molecular complexity index is 181. The maximum absolute atomic E-state index is 4.11. The Labute approximate surface area is 68.5 Å². The molecule has 1 aromatic rings. The highest BCUT2D eigenvalue weighted by Gasteiger charge is 1.90. The summed E-state index contributed by atoms with van der Waals surface area (Å²) >= 11 is 0. The molecule has 0 amide bonds. The Morgan fingerprint density at radius 1 is 1.55 bits per heavy atom. The van der Waals surface area contributed by atoms with Gasteiger partial charge in [0.2, 0.25) is 0 Å².